The molecule has 98 valence electrons. The van der Waals surface area contributed by atoms with E-state index in [1.54, 1.807) is 16.8 Å². The number of hydrogen-bond donors (Lipinski definition) is 1. The van der Waals surface area contributed by atoms with Gasteiger partial charge in [-0.3, -0.25) is 4.79 Å². The van der Waals surface area contributed by atoms with Crippen LogP contribution in [0.4, 0.5) is 5.69 Å². The maximum atomic E-state index is 12.2. The molecule has 2 aromatic rings. The summed E-state index contributed by atoms with van der Waals surface area (Å²) in [5.41, 5.74) is 1.01. The Balaban J connectivity index is 1.83. The Morgan fingerprint density at radius 3 is 3.26 bits per heavy atom. The van der Waals surface area contributed by atoms with Crippen LogP contribution in [0.5, 0.6) is 5.88 Å². The van der Waals surface area contributed by atoms with Crippen molar-refractivity contribution in [2.75, 3.05) is 11.9 Å². The van der Waals surface area contributed by atoms with Crippen molar-refractivity contribution in [2.45, 2.75) is 13.0 Å². The lowest BCUT2D eigenvalue weighted by atomic mass is 10.3. The molecule has 1 amide bonds. The summed E-state index contributed by atoms with van der Waals surface area (Å²) in [5.74, 6) is 0.245. The standard InChI is InChI=1S/C12H11ClN4O2/c13-10-6-8(2-3-14-10)16-11(18)9-7-15-17-4-1-5-19-12(9)17/h2-3,6-7H,1,4-5H2,(H,14,16,18). The summed E-state index contributed by atoms with van der Waals surface area (Å²) in [5, 5.41) is 7.19. The van der Waals surface area contributed by atoms with Gasteiger partial charge in [-0.2, -0.15) is 5.10 Å². The van der Waals surface area contributed by atoms with E-state index < -0.39 is 0 Å². The molecule has 0 aromatic carbocycles. The predicted molar refractivity (Wildman–Crippen MR) is 69.5 cm³/mol. The highest BCUT2D eigenvalue weighted by atomic mass is 35.5. The quantitative estimate of drug-likeness (QED) is 0.853. The highest BCUT2D eigenvalue weighted by Crippen LogP contribution is 2.23. The fourth-order valence-electron chi connectivity index (χ4n) is 1.90. The Morgan fingerprint density at radius 1 is 1.53 bits per heavy atom. The largest absolute Gasteiger partial charge is 0.477 e. The van der Waals surface area contributed by atoms with Gasteiger partial charge in [-0.15, -0.1) is 0 Å². The number of pyridine rings is 1. The minimum absolute atomic E-state index is 0.273. The number of aryl methyl sites for hydroxylation is 1. The second-order valence-electron chi connectivity index (χ2n) is 4.11. The highest BCUT2D eigenvalue weighted by molar-refractivity contribution is 6.29. The molecule has 1 aliphatic heterocycles. The van der Waals surface area contributed by atoms with Crippen LogP contribution in [0, 0.1) is 0 Å². The van der Waals surface area contributed by atoms with E-state index in [-0.39, 0.29) is 5.91 Å². The molecule has 19 heavy (non-hydrogen) atoms. The first kappa shape index (κ1) is 12.0. The minimum atomic E-state index is -0.273. The summed E-state index contributed by atoms with van der Waals surface area (Å²) in [7, 11) is 0. The molecule has 1 N–H and O–H groups in total. The van der Waals surface area contributed by atoms with E-state index in [1.807, 2.05) is 0 Å². The van der Waals surface area contributed by atoms with Gasteiger partial charge in [0.25, 0.3) is 5.91 Å². The second kappa shape index (κ2) is 4.89. The number of amides is 1. The number of aromatic nitrogens is 3. The monoisotopic (exact) mass is 278 g/mol. The first-order valence-corrected chi connectivity index (χ1v) is 6.23. The van der Waals surface area contributed by atoms with E-state index in [9.17, 15) is 4.79 Å². The van der Waals surface area contributed by atoms with Crippen molar-refractivity contribution in [3.05, 3.63) is 35.2 Å². The summed E-state index contributed by atoms with van der Waals surface area (Å²) >= 11 is 5.76. The molecule has 0 aliphatic carbocycles. The molecule has 0 bridgehead atoms. The van der Waals surface area contributed by atoms with Crippen molar-refractivity contribution < 1.29 is 9.53 Å². The maximum Gasteiger partial charge on any atom is 0.262 e. The number of carbonyl (C=O) groups is 1. The van der Waals surface area contributed by atoms with Gasteiger partial charge in [0.05, 0.1) is 12.8 Å². The fraction of sp³-hybridized carbons (Fsp3) is 0.250. The Bertz CT molecular complexity index is 626. The van der Waals surface area contributed by atoms with Gasteiger partial charge in [0.1, 0.15) is 10.7 Å². The van der Waals surface area contributed by atoms with Crippen LogP contribution >= 0.6 is 11.6 Å². The van der Waals surface area contributed by atoms with Gasteiger partial charge >= 0.3 is 0 Å². The van der Waals surface area contributed by atoms with Gasteiger partial charge in [-0.25, -0.2) is 9.67 Å². The molecule has 2 aromatic heterocycles. The third-order valence-corrected chi connectivity index (χ3v) is 2.98. The Labute approximate surface area is 114 Å². The number of nitrogens with one attached hydrogen (secondary N) is 1. The molecule has 6 nitrogen and oxygen atoms in total. The summed E-state index contributed by atoms with van der Waals surface area (Å²) in [6.07, 6.45) is 3.94. The molecular weight excluding hydrogens is 268 g/mol. The zero-order valence-corrected chi connectivity index (χ0v) is 10.7. The average molecular weight is 279 g/mol. The lowest BCUT2D eigenvalue weighted by molar-refractivity contribution is 0.102. The van der Waals surface area contributed by atoms with E-state index in [4.69, 9.17) is 16.3 Å². The molecule has 0 spiro atoms. The summed E-state index contributed by atoms with van der Waals surface area (Å²) < 4.78 is 7.17. The van der Waals surface area contributed by atoms with E-state index in [0.29, 0.717) is 28.9 Å². The number of ether oxygens (including phenoxy) is 1. The van der Waals surface area contributed by atoms with Crippen LogP contribution in [0.1, 0.15) is 16.8 Å². The topological polar surface area (TPSA) is 69.0 Å². The zero-order valence-electron chi connectivity index (χ0n) is 9.97. The number of nitrogens with zero attached hydrogens (tertiary/aromatic N) is 3. The van der Waals surface area contributed by atoms with Crippen LogP contribution in [0.15, 0.2) is 24.5 Å². The smallest absolute Gasteiger partial charge is 0.262 e. The average Bonchev–Trinajstić information content (AvgIpc) is 2.82. The number of carbonyl (C=O) groups excluding carboxylic acids is 1. The molecule has 0 saturated carbocycles. The minimum Gasteiger partial charge on any atom is -0.477 e. The van der Waals surface area contributed by atoms with E-state index in [1.165, 1.54) is 12.4 Å². The van der Waals surface area contributed by atoms with Crippen LogP contribution < -0.4 is 10.1 Å². The Kier molecular flexibility index (Phi) is 3.08. The first-order chi connectivity index (χ1) is 9.24. The van der Waals surface area contributed by atoms with Gasteiger partial charge in [0, 0.05) is 24.8 Å². The van der Waals surface area contributed by atoms with E-state index in [0.717, 1.165) is 13.0 Å². The number of rotatable bonds is 2. The predicted octanol–water partition coefficient (Wildman–Crippen LogP) is 1.97. The van der Waals surface area contributed by atoms with Crippen molar-refractivity contribution >= 4 is 23.2 Å². The SMILES string of the molecule is O=C(Nc1ccnc(Cl)c1)c1cnn2c1OCCC2. The van der Waals surface area contributed by atoms with Crippen molar-refractivity contribution in [3.63, 3.8) is 0 Å². The van der Waals surface area contributed by atoms with Crippen LogP contribution in [0.25, 0.3) is 0 Å². The van der Waals surface area contributed by atoms with Gasteiger partial charge in [0.2, 0.25) is 5.88 Å². The first-order valence-electron chi connectivity index (χ1n) is 5.85. The number of anilines is 1. The van der Waals surface area contributed by atoms with E-state index in [2.05, 4.69) is 15.4 Å². The van der Waals surface area contributed by atoms with Crippen LogP contribution in [0.2, 0.25) is 5.15 Å². The van der Waals surface area contributed by atoms with Gasteiger partial charge in [-0.05, 0) is 12.1 Å². The molecule has 3 heterocycles. The third kappa shape index (κ3) is 2.39. The molecule has 7 heteroatoms. The lowest BCUT2D eigenvalue weighted by Gasteiger charge is -2.15. The molecular formula is C12H11ClN4O2. The van der Waals surface area contributed by atoms with Crippen molar-refractivity contribution in [2.24, 2.45) is 0 Å². The van der Waals surface area contributed by atoms with E-state index >= 15 is 0 Å². The normalized spacial score (nSPS) is 13.5. The fourth-order valence-corrected chi connectivity index (χ4v) is 2.08. The highest BCUT2D eigenvalue weighted by Gasteiger charge is 2.21. The number of hydrogen-bond acceptors (Lipinski definition) is 4. The molecule has 0 atom stereocenters. The number of halogens is 1. The zero-order chi connectivity index (χ0) is 13.2. The Morgan fingerprint density at radius 2 is 2.42 bits per heavy atom. The Hall–Kier alpha value is -2.08. The number of fused-ring (bicyclic) bond motifs is 1. The van der Waals surface area contributed by atoms with Gasteiger partial charge in [0.15, 0.2) is 0 Å². The third-order valence-electron chi connectivity index (χ3n) is 2.77. The summed E-state index contributed by atoms with van der Waals surface area (Å²) in [4.78, 5) is 16.0. The molecule has 0 fully saturated rings. The molecule has 1 aliphatic rings. The summed E-state index contributed by atoms with van der Waals surface area (Å²) in [6.45, 7) is 1.37. The molecule has 0 unspecified atom stereocenters. The van der Waals surface area contributed by atoms with Crippen molar-refractivity contribution in [1.29, 1.82) is 0 Å². The van der Waals surface area contributed by atoms with Crippen LogP contribution in [-0.4, -0.2) is 27.3 Å². The maximum absolute atomic E-state index is 12.2. The van der Waals surface area contributed by atoms with Gasteiger partial charge < -0.3 is 10.1 Å². The lowest BCUT2D eigenvalue weighted by Crippen LogP contribution is -2.18. The van der Waals surface area contributed by atoms with Crippen molar-refractivity contribution in [3.8, 4) is 5.88 Å². The molecule has 0 radical (unpaired) electrons. The summed E-state index contributed by atoms with van der Waals surface area (Å²) in [6, 6.07) is 3.25. The molecule has 0 saturated heterocycles. The molecule has 3 rings (SSSR count). The van der Waals surface area contributed by atoms with Crippen LogP contribution in [-0.2, 0) is 6.54 Å². The second-order valence-corrected chi connectivity index (χ2v) is 4.50. The van der Waals surface area contributed by atoms with Gasteiger partial charge in [-0.1, -0.05) is 11.6 Å². The van der Waals surface area contributed by atoms with Crippen LogP contribution in [0.3, 0.4) is 0 Å². The van der Waals surface area contributed by atoms with Crippen molar-refractivity contribution in [1.82, 2.24) is 14.8 Å².